The highest BCUT2D eigenvalue weighted by Crippen LogP contribution is 2.35. The molecule has 0 saturated carbocycles. The second kappa shape index (κ2) is 5.25. The molecule has 2 aliphatic heterocycles. The van der Waals surface area contributed by atoms with Gasteiger partial charge in [0, 0.05) is 13.0 Å². The number of carboxylic acid groups (broad SMARTS) is 1. The first kappa shape index (κ1) is 13.7. The average molecular weight is 293 g/mol. The molecule has 0 unspecified atom stereocenters. The van der Waals surface area contributed by atoms with Crippen molar-refractivity contribution in [3.63, 3.8) is 0 Å². The summed E-state index contributed by atoms with van der Waals surface area (Å²) < 4.78 is 10.9. The molecular formula is C14H15NO6. The summed E-state index contributed by atoms with van der Waals surface area (Å²) in [5, 5.41) is 18.8. The van der Waals surface area contributed by atoms with Crippen LogP contribution < -0.4 is 9.47 Å². The number of hydrogen-bond donors (Lipinski definition) is 2. The molecule has 1 aromatic carbocycles. The zero-order valence-electron chi connectivity index (χ0n) is 11.2. The van der Waals surface area contributed by atoms with E-state index >= 15 is 0 Å². The third-order valence-electron chi connectivity index (χ3n) is 3.62. The Morgan fingerprint density at radius 2 is 2.00 bits per heavy atom. The van der Waals surface area contributed by atoms with Gasteiger partial charge >= 0.3 is 5.97 Å². The van der Waals surface area contributed by atoms with E-state index in [0.29, 0.717) is 24.7 Å². The molecular weight excluding hydrogens is 278 g/mol. The monoisotopic (exact) mass is 293 g/mol. The molecule has 1 amide bonds. The van der Waals surface area contributed by atoms with Crippen molar-refractivity contribution in [1.82, 2.24) is 4.90 Å². The Kier molecular flexibility index (Phi) is 3.42. The van der Waals surface area contributed by atoms with E-state index in [-0.39, 0.29) is 18.5 Å². The van der Waals surface area contributed by atoms with Crippen molar-refractivity contribution in [2.75, 3.05) is 19.8 Å². The van der Waals surface area contributed by atoms with Gasteiger partial charge in [-0.05, 0) is 12.1 Å². The van der Waals surface area contributed by atoms with Gasteiger partial charge in [-0.2, -0.15) is 0 Å². The summed E-state index contributed by atoms with van der Waals surface area (Å²) in [6, 6.07) is 3.90. The molecule has 112 valence electrons. The fourth-order valence-corrected chi connectivity index (χ4v) is 2.67. The second-order valence-corrected chi connectivity index (χ2v) is 5.03. The van der Waals surface area contributed by atoms with E-state index in [1.807, 2.05) is 0 Å². The van der Waals surface area contributed by atoms with Crippen molar-refractivity contribution in [2.45, 2.75) is 18.6 Å². The fraction of sp³-hybridized carbons (Fsp3) is 0.429. The van der Waals surface area contributed by atoms with Gasteiger partial charge in [-0.25, -0.2) is 4.79 Å². The number of ether oxygens (including phenoxy) is 2. The van der Waals surface area contributed by atoms with Crippen molar-refractivity contribution >= 4 is 11.9 Å². The molecule has 0 aromatic heterocycles. The summed E-state index contributed by atoms with van der Waals surface area (Å²) in [4.78, 5) is 25.0. The lowest BCUT2D eigenvalue weighted by molar-refractivity contribution is -0.141. The summed E-state index contributed by atoms with van der Waals surface area (Å²) in [5.74, 6) is -0.791. The zero-order chi connectivity index (χ0) is 15.0. The van der Waals surface area contributed by atoms with Crippen LogP contribution in [0.3, 0.4) is 0 Å². The standard InChI is InChI=1S/C14H15NO6/c16-8-6-10(14(18)19)15(7-8)13(17)9-2-1-3-11-12(9)21-5-4-20-11/h1-3,8,10,16H,4-7H2,(H,18,19)/t8-,10-/m0/s1. The molecule has 2 aliphatic rings. The van der Waals surface area contributed by atoms with Crippen molar-refractivity contribution in [2.24, 2.45) is 0 Å². The lowest BCUT2D eigenvalue weighted by Crippen LogP contribution is -2.40. The molecule has 21 heavy (non-hydrogen) atoms. The highest BCUT2D eigenvalue weighted by molar-refractivity contribution is 6.00. The van der Waals surface area contributed by atoms with Crippen LogP contribution >= 0.6 is 0 Å². The molecule has 0 aliphatic carbocycles. The average Bonchev–Trinajstić information content (AvgIpc) is 2.88. The van der Waals surface area contributed by atoms with E-state index in [0.717, 1.165) is 0 Å². The maximum absolute atomic E-state index is 12.6. The summed E-state index contributed by atoms with van der Waals surface area (Å²) >= 11 is 0. The van der Waals surface area contributed by atoms with Crippen LogP contribution in [0.1, 0.15) is 16.8 Å². The number of rotatable bonds is 2. The van der Waals surface area contributed by atoms with Crippen LogP contribution in [-0.2, 0) is 4.79 Å². The van der Waals surface area contributed by atoms with Gasteiger partial charge in [0.05, 0.1) is 11.7 Å². The highest BCUT2D eigenvalue weighted by atomic mass is 16.6. The Morgan fingerprint density at radius 3 is 2.76 bits per heavy atom. The van der Waals surface area contributed by atoms with Crippen LogP contribution in [0.4, 0.5) is 0 Å². The van der Waals surface area contributed by atoms with E-state index in [4.69, 9.17) is 9.47 Å². The highest BCUT2D eigenvalue weighted by Gasteiger charge is 2.40. The lowest BCUT2D eigenvalue weighted by Gasteiger charge is -2.25. The summed E-state index contributed by atoms with van der Waals surface area (Å²) in [5.41, 5.74) is 0.257. The molecule has 0 radical (unpaired) electrons. The third-order valence-corrected chi connectivity index (χ3v) is 3.62. The third kappa shape index (κ3) is 2.40. The largest absolute Gasteiger partial charge is 0.486 e. The Bertz CT molecular complexity index is 587. The predicted molar refractivity (Wildman–Crippen MR) is 70.5 cm³/mol. The SMILES string of the molecule is O=C(O)[C@@H]1C[C@H](O)CN1C(=O)c1cccc2c1OCCO2. The van der Waals surface area contributed by atoms with Gasteiger partial charge in [0.25, 0.3) is 5.91 Å². The first-order chi connectivity index (χ1) is 10.1. The van der Waals surface area contributed by atoms with E-state index in [2.05, 4.69) is 0 Å². The van der Waals surface area contributed by atoms with Gasteiger partial charge in [0.15, 0.2) is 11.5 Å². The Morgan fingerprint density at radius 1 is 1.24 bits per heavy atom. The van der Waals surface area contributed by atoms with E-state index < -0.39 is 24.0 Å². The first-order valence-electron chi connectivity index (χ1n) is 6.68. The molecule has 2 N–H and O–H groups in total. The molecule has 1 saturated heterocycles. The minimum absolute atomic E-state index is 0.000322. The summed E-state index contributed by atoms with van der Waals surface area (Å²) in [6.45, 7) is 0.743. The number of carbonyl (C=O) groups is 2. The summed E-state index contributed by atoms with van der Waals surface area (Å²) in [6.07, 6.45) is -0.792. The second-order valence-electron chi connectivity index (χ2n) is 5.03. The van der Waals surface area contributed by atoms with Gasteiger partial charge in [-0.15, -0.1) is 0 Å². The number of hydrogen-bond acceptors (Lipinski definition) is 5. The van der Waals surface area contributed by atoms with Crippen LogP contribution in [0, 0.1) is 0 Å². The maximum atomic E-state index is 12.6. The molecule has 1 fully saturated rings. The van der Waals surface area contributed by atoms with E-state index in [1.165, 1.54) is 4.90 Å². The van der Waals surface area contributed by atoms with Crippen molar-refractivity contribution in [3.05, 3.63) is 23.8 Å². The number of nitrogens with zero attached hydrogens (tertiary/aromatic N) is 1. The van der Waals surface area contributed by atoms with E-state index in [9.17, 15) is 19.8 Å². The molecule has 0 bridgehead atoms. The Balaban J connectivity index is 1.93. The maximum Gasteiger partial charge on any atom is 0.326 e. The first-order valence-corrected chi connectivity index (χ1v) is 6.68. The molecule has 0 spiro atoms. The number of benzene rings is 1. The molecule has 2 heterocycles. The van der Waals surface area contributed by atoms with Crippen LogP contribution in [0.25, 0.3) is 0 Å². The molecule has 3 rings (SSSR count). The van der Waals surface area contributed by atoms with Crippen LogP contribution in [-0.4, -0.2) is 58.9 Å². The molecule has 7 nitrogen and oxygen atoms in total. The Labute approximate surface area is 120 Å². The van der Waals surface area contributed by atoms with Crippen molar-refractivity contribution in [1.29, 1.82) is 0 Å². The number of β-amino-alcohol motifs (C(OH)–C–C–N with tert-alkyl or cyclic N) is 1. The molecule has 2 atom stereocenters. The Hall–Kier alpha value is -2.28. The van der Waals surface area contributed by atoms with Crippen molar-refractivity contribution < 1.29 is 29.3 Å². The van der Waals surface area contributed by atoms with Gasteiger partial charge in [0.2, 0.25) is 0 Å². The number of aliphatic hydroxyl groups is 1. The lowest BCUT2D eigenvalue weighted by atomic mass is 10.1. The van der Waals surface area contributed by atoms with E-state index in [1.54, 1.807) is 18.2 Å². The minimum atomic E-state index is -1.12. The van der Waals surface area contributed by atoms with Gasteiger partial charge in [0.1, 0.15) is 19.3 Å². The molecule has 7 heteroatoms. The number of likely N-dealkylation sites (tertiary alicyclic amines) is 1. The number of carbonyl (C=O) groups excluding carboxylic acids is 1. The number of aliphatic carboxylic acids is 1. The normalized spacial score (nSPS) is 24.0. The van der Waals surface area contributed by atoms with Gasteiger partial charge in [-0.3, -0.25) is 4.79 Å². The number of para-hydroxylation sites is 1. The molecule has 1 aromatic rings. The minimum Gasteiger partial charge on any atom is -0.486 e. The van der Waals surface area contributed by atoms with Crippen molar-refractivity contribution in [3.8, 4) is 11.5 Å². The van der Waals surface area contributed by atoms with Crippen LogP contribution in [0.15, 0.2) is 18.2 Å². The number of fused-ring (bicyclic) bond motifs is 1. The van der Waals surface area contributed by atoms with Crippen LogP contribution in [0.5, 0.6) is 11.5 Å². The summed E-state index contributed by atoms with van der Waals surface area (Å²) in [7, 11) is 0. The van der Waals surface area contributed by atoms with Gasteiger partial charge < -0.3 is 24.6 Å². The fourth-order valence-electron chi connectivity index (χ4n) is 2.67. The number of aliphatic hydroxyl groups excluding tert-OH is 1. The van der Waals surface area contributed by atoms with Crippen LogP contribution in [0.2, 0.25) is 0 Å². The topological polar surface area (TPSA) is 96.3 Å². The quantitative estimate of drug-likeness (QED) is 0.804. The number of carboxylic acids is 1. The smallest absolute Gasteiger partial charge is 0.326 e. The number of amides is 1. The zero-order valence-corrected chi connectivity index (χ0v) is 11.2. The predicted octanol–water partition coefficient (Wildman–Crippen LogP) is 0.118. The van der Waals surface area contributed by atoms with Gasteiger partial charge in [-0.1, -0.05) is 6.07 Å².